The monoisotopic (exact) mass is 358 g/mol. The molecule has 3 aliphatic heterocycles. The van der Waals surface area contributed by atoms with E-state index in [4.69, 9.17) is 12.2 Å². The molecule has 1 N–H and O–H groups in total. The van der Waals surface area contributed by atoms with Crippen LogP contribution in [0.2, 0.25) is 0 Å². The average molecular weight is 358 g/mol. The molecule has 3 heterocycles. The zero-order valence-electron chi connectivity index (χ0n) is 14.0. The first kappa shape index (κ1) is 15.8. The molecular weight excluding hydrogens is 340 g/mol. The molecule has 0 unspecified atom stereocenters. The Labute approximate surface area is 150 Å². The van der Waals surface area contributed by atoms with Gasteiger partial charge in [-0.25, -0.2) is 0 Å². The van der Waals surface area contributed by atoms with E-state index in [1.165, 1.54) is 17.3 Å². The Morgan fingerprint density at radius 1 is 1.33 bits per heavy atom. The molecule has 1 aromatic rings. The predicted octanol–water partition coefficient (Wildman–Crippen LogP) is 3.49. The van der Waals surface area contributed by atoms with Gasteiger partial charge in [-0.1, -0.05) is 42.5 Å². The fourth-order valence-electron chi connectivity index (χ4n) is 4.18. The molecule has 0 aliphatic carbocycles. The fraction of sp³-hybridized carbons (Fsp3) is 0.389. The number of thioether (sulfide) groups is 1. The number of carbonyl (C=O) groups is 2. The second kappa shape index (κ2) is 4.92. The average Bonchev–Trinajstić information content (AvgIpc) is 2.92. The van der Waals surface area contributed by atoms with Crippen molar-refractivity contribution in [3.05, 3.63) is 33.7 Å². The molecule has 0 saturated carbocycles. The Hall–Kier alpha value is -1.66. The predicted molar refractivity (Wildman–Crippen MR) is 101 cm³/mol. The van der Waals surface area contributed by atoms with Gasteiger partial charge in [0.2, 0.25) is 0 Å². The number of rotatable bonds is 0. The molecule has 0 radical (unpaired) electrons. The first-order valence-electron chi connectivity index (χ1n) is 7.97. The van der Waals surface area contributed by atoms with Gasteiger partial charge in [0.15, 0.2) is 0 Å². The first-order chi connectivity index (χ1) is 11.2. The van der Waals surface area contributed by atoms with Crippen LogP contribution in [0.4, 0.5) is 5.69 Å². The molecule has 0 aromatic heterocycles. The number of aryl methyl sites for hydroxylation is 1. The van der Waals surface area contributed by atoms with Crippen molar-refractivity contribution in [3.63, 3.8) is 0 Å². The van der Waals surface area contributed by atoms with Crippen LogP contribution < -0.4 is 10.2 Å². The fourth-order valence-corrected chi connectivity index (χ4v) is 5.29. The number of hydrogen-bond donors (Lipinski definition) is 1. The largest absolute Gasteiger partial charge is 0.307 e. The van der Waals surface area contributed by atoms with Crippen LogP contribution in [0.5, 0.6) is 0 Å². The van der Waals surface area contributed by atoms with Crippen LogP contribution in [-0.2, 0) is 9.59 Å². The summed E-state index contributed by atoms with van der Waals surface area (Å²) in [5.74, 6) is 0.0126. The summed E-state index contributed by atoms with van der Waals surface area (Å²) >= 11 is 6.29. The van der Waals surface area contributed by atoms with E-state index in [0.29, 0.717) is 20.7 Å². The van der Waals surface area contributed by atoms with E-state index in [9.17, 15) is 9.59 Å². The molecule has 124 valence electrons. The van der Waals surface area contributed by atoms with E-state index in [1.807, 2.05) is 17.9 Å². The minimum atomic E-state index is -0.282. The number of anilines is 1. The minimum absolute atomic E-state index is 0.0869. The second-order valence-electron chi connectivity index (χ2n) is 7.36. The quantitative estimate of drug-likeness (QED) is 0.570. The summed E-state index contributed by atoms with van der Waals surface area (Å²) in [6, 6.07) is 4.18. The highest BCUT2D eigenvalue weighted by Gasteiger charge is 2.49. The standard InChI is InChI=1S/C18H18N2O2S2/c1-8-5-10-9(2)7-18(3,4)20-13(10)11(6-8)12(16(20)22)14-15(21)19-17(23)24-14/h5-6,9H,7H2,1-4H3,(H,19,21,23)/b14-12-/t9-/m0/s1. The van der Waals surface area contributed by atoms with Crippen LogP contribution in [0.15, 0.2) is 17.0 Å². The third-order valence-electron chi connectivity index (χ3n) is 4.98. The van der Waals surface area contributed by atoms with Gasteiger partial charge in [0, 0.05) is 11.1 Å². The van der Waals surface area contributed by atoms with E-state index in [1.54, 1.807) is 0 Å². The number of hydrogen-bond acceptors (Lipinski definition) is 4. The van der Waals surface area contributed by atoms with Gasteiger partial charge >= 0.3 is 0 Å². The molecule has 24 heavy (non-hydrogen) atoms. The number of nitrogens with zero attached hydrogens (tertiary/aromatic N) is 1. The van der Waals surface area contributed by atoms with Crippen LogP contribution in [0.25, 0.3) is 5.57 Å². The maximum Gasteiger partial charge on any atom is 0.264 e. The summed E-state index contributed by atoms with van der Waals surface area (Å²) in [5.41, 5.74) is 4.36. The molecule has 1 fully saturated rings. The van der Waals surface area contributed by atoms with Gasteiger partial charge < -0.3 is 10.2 Å². The van der Waals surface area contributed by atoms with Crippen molar-refractivity contribution in [1.82, 2.24) is 5.32 Å². The summed E-state index contributed by atoms with van der Waals surface area (Å²) < 4.78 is 0.408. The first-order valence-corrected chi connectivity index (χ1v) is 9.20. The Morgan fingerprint density at radius 3 is 2.67 bits per heavy atom. The van der Waals surface area contributed by atoms with Gasteiger partial charge in [-0.05, 0) is 44.7 Å². The topological polar surface area (TPSA) is 49.4 Å². The zero-order valence-corrected chi connectivity index (χ0v) is 15.7. The molecule has 3 aliphatic rings. The third-order valence-corrected chi connectivity index (χ3v) is 6.21. The number of nitrogens with one attached hydrogen (secondary N) is 1. The SMILES string of the molecule is Cc1cc2c3c(c1)[C@@H](C)CC(C)(C)N3C(=O)/C2=C1\SC(=S)NC1=O. The molecule has 0 bridgehead atoms. The normalized spacial score (nSPS) is 27.6. The molecule has 4 rings (SSSR count). The van der Waals surface area contributed by atoms with Crippen LogP contribution in [-0.4, -0.2) is 21.7 Å². The lowest BCUT2D eigenvalue weighted by Crippen LogP contribution is -2.49. The third kappa shape index (κ3) is 2.02. The molecule has 1 saturated heterocycles. The molecule has 6 heteroatoms. The van der Waals surface area contributed by atoms with E-state index in [2.05, 4.69) is 32.2 Å². The van der Waals surface area contributed by atoms with Crippen molar-refractivity contribution in [2.45, 2.75) is 45.6 Å². The Bertz CT molecular complexity index is 870. The van der Waals surface area contributed by atoms with Gasteiger partial charge in [-0.15, -0.1) is 0 Å². The van der Waals surface area contributed by atoms with Gasteiger partial charge in [-0.2, -0.15) is 0 Å². The van der Waals surface area contributed by atoms with Crippen molar-refractivity contribution in [2.24, 2.45) is 0 Å². The minimum Gasteiger partial charge on any atom is -0.307 e. The zero-order chi connectivity index (χ0) is 17.4. The van der Waals surface area contributed by atoms with Crippen molar-refractivity contribution in [3.8, 4) is 0 Å². The summed E-state index contributed by atoms with van der Waals surface area (Å²) in [6.45, 7) is 8.42. The molecule has 1 atom stereocenters. The van der Waals surface area contributed by atoms with E-state index >= 15 is 0 Å². The second-order valence-corrected chi connectivity index (χ2v) is 9.04. The van der Waals surface area contributed by atoms with Crippen molar-refractivity contribution in [1.29, 1.82) is 0 Å². The van der Waals surface area contributed by atoms with Gasteiger partial charge in [0.05, 0.1) is 16.2 Å². The number of amides is 2. The highest BCUT2D eigenvalue weighted by atomic mass is 32.2. The van der Waals surface area contributed by atoms with Crippen molar-refractivity contribution >= 4 is 51.4 Å². The number of benzene rings is 1. The maximum atomic E-state index is 13.3. The Morgan fingerprint density at radius 2 is 2.04 bits per heavy atom. The molecule has 2 amide bonds. The van der Waals surface area contributed by atoms with Gasteiger partial charge in [0.25, 0.3) is 11.8 Å². The van der Waals surface area contributed by atoms with E-state index in [0.717, 1.165) is 23.2 Å². The van der Waals surface area contributed by atoms with Crippen LogP contribution >= 0.6 is 24.0 Å². The van der Waals surface area contributed by atoms with E-state index in [-0.39, 0.29) is 17.4 Å². The van der Waals surface area contributed by atoms with Gasteiger partial charge in [0.1, 0.15) is 4.32 Å². The maximum absolute atomic E-state index is 13.3. The highest BCUT2D eigenvalue weighted by Crippen LogP contribution is 2.53. The van der Waals surface area contributed by atoms with Crippen LogP contribution in [0.3, 0.4) is 0 Å². The lowest BCUT2D eigenvalue weighted by atomic mass is 9.80. The van der Waals surface area contributed by atoms with Crippen LogP contribution in [0, 0.1) is 6.92 Å². The highest BCUT2D eigenvalue weighted by molar-refractivity contribution is 8.27. The number of carbonyl (C=O) groups excluding carboxylic acids is 2. The Kier molecular flexibility index (Phi) is 3.25. The molecular formula is C18H18N2O2S2. The summed E-state index contributed by atoms with van der Waals surface area (Å²) in [5, 5.41) is 2.63. The Balaban J connectivity index is 2.06. The summed E-state index contributed by atoms with van der Waals surface area (Å²) in [4.78, 5) is 27.9. The van der Waals surface area contributed by atoms with E-state index < -0.39 is 0 Å². The molecule has 0 spiro atoms. The molecule has 4 nitrogen and oxygen atoms in total. The lowest BCUT2D eigenvalue weighted by molar-refractivity contribution is -0.116. The van der Waals surface area contributed by atoms with Crippen molar-refractivity contribution in [2.75, 3.05) is 4.90 Å². The number of thiocarbonyl (C=S) groups is 1. The summed E-state index contributed by atoms with van der Waals surface area (Å²) in [7, 11) is 0. The smallest absolute Gasteiger partial charge is 0.264 e. The molecule has 1 aromatic carbocycles. The summed E-state index contributed by atoms with van der Waals surface area (Å²) in [6.07, 6.45) is 0.898. The van der Waals surface area contributed by atoms with Gasteiger partial charge in [-0.3, -0.25) is 9.59 Å². The van der Waals surface area contributed by atoms with Crippen LogP contribution in [0.1, 0.15) is 49.8 Å². The van der Waals surface area contributed by atoms with Crippen molar-refractivity contribution < 1.29 is 9.59 Å². The lowest BCUT2D eigenvalue weighted by Gasteiger charge is -2.43.